The van der Waals surface area contributed by atoms with Crippen LogP contribution in [0, 0.1) is 6.92 Å². The molecule has 0 bridgehead atoms. The second-order valence-electron chi connectivity index (χ2n) is 5.23. The highest BCUT2D eigenvalue weighted by molar-refractivity contribution is 6.34. The summed E-state index contributed by atoms with van der Waals surface area (Å²) in [7, 11) is 1.55. The molecule has 0 spiro atoms. The van der Waals surface area contributed by atoms with Gasteiger partial charge in [-0.05, 0) is 41.1 Å². The van der Waals surface area contributed by atoms with Gasteiger partial charge in [0.2, 0.25) is 0 Å². The van der Waals surface area contributed by atoms with Crippen LogP contribution in [0.3, 0.4) is 0 Å². The van der Waals surface area contributed by atoms with Gasteiger partial charge in [0.1, 0.15) is 12.4 Å². The molecule has 124 valence electrons. The van der Waals surface area contributed by atoms with Crippen LogP contribution in [-0.4, -0.2) is 19.8 Å². The highest BCUT2D eigenvalue weighted by Gasteiger charge is 2.14. The molecular weight excluding hydrogens is 351 g/mol. The van der Waals surface area contributed by atoms with E-state index in [-0.39, 0.29) is 12.3 Å². The Balaban J connectivity index is 1.98. The number of hydrogen-bond acceptors (Lipinski definition) is 4. The molecule has 0 fully saturated rings. The van der Waals surface area contributed by atoms with Crippen LogP contribution in [0.5, 0.6) is 5.75 Å². The van der Waals surface area contributed by atoms with Gasteiger partial charge in [0.25, 0.3) is 0 Å². The minimum absolute atomic E-state index is 0.213. The van der Waals surface area contributed by atoms with Crippen LogP contribution >= 0.6 is 23.2 Å². The van der Waals surface area contributed by atoms with Crippen molar-refractivity contribution in [2.45, 2.75) is 13.5 Å². The van der Waals surface area contributed by atoms with E-state index in [0.717, 1.165) is 11.1 Å². The molecule has 8 heteroatoms. The standard InChI is InChI=1S/C16H14Cl2N4O2/c1-10-4-3-5-14(22-16(23)21(2)19-20-22)12(10)9-24-15-8-11(17)6-7-13(15)18/h3-8H,9H2,1-2H3. The summed E-state index contributed by atoms with van der Waals surface area (Å²) in [5.74, 6) is 0.477. The maximum absolute atomic E-state index is 12.1. The zero-order valence-corrected chi connectivity index (χ0v) is 14.5. The average molecular weight is 365 g/mol. The molecule has 1 aromatic heterocycles. The summed E-state index contributed by atoms with van der Waals surface area (Å²) in [6, 6.07) is 10.6. The van der Waals surface area contributed by atoms with Crippen LogP contribution in [0.25, 0.3) is 5.69 Å². The molecule has 3 rings (SSSR count). The van der Waals surface area contributed by atoms with Crippen molar-refractivity contribution in [1.29, 1.82) is 0 Å². The number of aryl methyl sites for hydroxylation is 2. The number of ether oxygens (including phenoxy) is 1. The van der Waals surface area contributed by atoms with Crippen LogP contribution in [0.15, 0.2) is 41.2 Å². The van der Waals surface area contributed by atoms with Gasteiger partial charge in [-0.3, -0.25) is 0 Å². The first-order valence-corrected chi connectivity index (χ1v) is 7.88. The van der Waals surface area contributed by atoms with Gasteiger partial charge in [-0.2, -0.15) is 9.36 Å². The molecule has 24 heavy (non-hydrogen) atoms. The lowest BCUT2D eigenvalue weighted by molar-refractivity contribution is 0.305. The summed E-state index contributed by atoms with van der Waals surface area (Å²) < 4.78 is 8.22. The zero-order chi connectivity index (χ0) is 17.3. The first-order valence-electron chi connectivity index (χ1n) is 7.13. The molecule has 0 N–H and O–H groups in total. The molecule has 0 aliphatic carbocycles. The Morgan fingerprint density at radius 1 is 1.17 bits per heavy atom. The summed E-state index contributed by atoms with van der Waals surface area (Å²) in [6.45, 7) is 2.15. The van der Waals surface area contributed by atoms with Crippen LogP contribution in [0.2, 0.25) is 10.0 Å². The number of benzene rings is 2. The highest BCUT2D eigenvalue weighted by atomic mass is 35.5. The predicted octanol–water partition coefficient (Wildman–Crippen LogP) is 3.16. The number of rotatable bonds is 4. The minimum Gasteiger partial charge on any atom is -0.487 e. The fraction of sp³-hybridized carbons (Fsp3) is 0.188. The van der Waals surface area contributed by atoms with Crippen molar-refractivity contribution in [3.8, 4) is 11.4 Å². The van der Waals surface area contributed by atoms with Crippen molar-refractivity contribution >= 4 is 23.2 Å². The van der Waals surface area contributed by atoms with Gasteiger partial charge in [0.05, 0.1) is 10.7 Å². The Morgan fingerprint density at radius 2 is 1.96 bits per heavy atom. The molecule has 0 unspecified atom stereocenters. The number of halogens is 2. The van der Waals surface area contributed by atoms with E-state index >= 15 is 0 Å². The quantitative estimate of drug-likeness (QED) is 0.713. The van der Waals surface area contributed by atoms with Crippen LogP contribution in [0.4, 0.5) is 0 Å². The second-order valence-corrected chi connectivity index (χ2v) is 6.08. The van der Waals surface area contributed by atoms with Gasteiger partial charge >= 0.3 is 5.69 Å². The number of nitrogens with zero attached hydrogens (tertiary/aromatic N) is 4. The normalized spacial score (nSPS) is 10.8. The molecule has 0 aliphatic rings. The fourth-order valence-electron chi connectivity index (χ4n) is 2.28. The smallest absolute Gasteiger partial charge is 0.368 e. The van der Waals surface area contributed by atoms with E-state index in [1.807, 2.05) is 19.1 Å². The molecule has 1 heterocycles. The van der Waals surface area contributed by atoms with E-state index in [4.69, 9.17) is 27.9 Å². The lowest BCUT2D eigenvalue weighted by Crippen LogP contribution is -2.23. The third-order valence-corrected chi connectivity index (χ3v) is 4.15. The summed E-state index contributed by atoms with van der Waals surface area (Å²) in [5.41, 5.74) is 2.06. The molecule has 0 aliphatic heterocycles. The molecule has 3 aromatic rings. The molecule has 0 saturated carbocycles. The van der Waals surface area contributed by atoms with Gasteiger partial charge in [-0.25, -0.2) is 4.79 Å². The molecule has 0 saturated heterocycles. The SMILES string of the molecule is Cc1cccc(-n2nnn(C)c2=O)c1COc1cc(Cl)ccc1Cl. The third-order valence-electron chi connectivity index (χ3n) is 3.60. The largest absolute Gasteiger partial charge is 0.487 e. The molecule has 2 aromatic carbocycles. The van der Waals surface area contributed by atoms with Crippen LogP contribution in [-0.2, 0) is 13.7 Å². The van der Waals surface area contributed by atoms with Gasteiger partial charge < -0.3 is 4.74 Å². The molecule has 6 nitrogen and oxygen atoms in total. The third kappa shape index (κ3) is 3.16. The van der Waals surface area contributed by atoms with Crippen molar-refractivity contribution in [2.75, 3.05) is 0 Å². The average Bonchev–Trinajstić information content (AvgIpc) is 2.88. The summed E-state index contributed by atoms with van der Waals surface area (Å²) in [5, 5.41) is 8.63. The van der Waals surface area contributed by atoms with Gasteiger partial charge in [-0.1, -0.05) is 35.3 Å². The molecular formula is C16H14Cl2N4O2. The van der Waals surface area contributed by atoms with Crippen molar-refractivity contribution in [3.63, 3.8) is 0 Å². The van der Waals surface area contributed by atoms with Crippen LogP contribution in [0.1, 0.15) is 11.1 Å². The van der Waals surface area contributed by atoms with Crippen molar-refractivity contribution in [3.05, 3.63) is 68.1 Å². The van der Waals surface area contributed by atoms with Gasteiger partial charge in [-0.15, -0.1) is 0 Å². The Kier molecular flexibility index (Phi) is 4.59. The van der Waals surface area contributed by atoms with E-state index in [9.17, 15) is 4.79 Å². The number of tetrazole rings is 1. The van der Waals surface area contributed by atoms with Crippen LogP contribution < -0.4 is 10.4 Å². The lowest BCUT2D eigenvalue weighted by Gasteiger charge is -2.13. The monoisotopic (exact) mass is 364 g/mol. The van der Waals surface area contributed by atoms with Gasteiger partial charge in [0, 0.05) is 23.7 Å². The highest BCUT2D eigenvalue weighted by Crippen LogP contribution is 2.29. The summed E-state index contributed by atoms with van der Waals surface area (Å²) in [6.07, 6.45) is 0. The lowest BCUT2D eigenvalue weighted by atomic mass is 10.1. The van der Waals surface area contributed by atoms with E-state index in [1.165, 1.54) is 9.36 Å². The maximum atomic E-state index is 12.1. The summed E-state index contributed by atoms with van der Waals surface area (Å²) >= 11 is 12.1. The number of aromatic nitrogens is 4. The Bertz CT molecular complexity index is 949. The Labute approximate surface area is 148 Å². The second kappa shape index (κ2) is 6.67. The maximum Gasteiger partial charge on any atom is 0.368 e. The Morgan fingerprint density at radius 3 is 2.67 bits per heavy atom. The predicted molar refractivity (Wildman–Crippen MR) is 92.1 cm³/mol. The fourth-order valence-corrected chi connectivity index (χ4v) is 2.61. The Hall–Kier alpha value is -2.31. The van der Waals surface area contributed by atoms with E-state index in [1.54, 1.807) is 31.3 Å². The molecule has 0 radical (unpaired) electrons. The zero-order valence-electron chi connectivity index (χ0n) is 13.0. The van der Waals surface area contributed by atoms with E-state index in [0.29, 0.717) is 21.5 Å². The van der Waals surface area contributed by atoms with E-state index in [2.05, 4.69) is 10.4 Å². The van der Waals surface area contributed by atoms with Crippen molar-refractivity contribution in [1.82, 2.24) is 19.8 Å². The summed E-state index contributed by atoms with van der Waals surface area (Å²) in [4.78, 5) is 12.1. The number of hydrogen-bond donors (Lipinski definition) is 0. The first-order chi connectivity index (χ1) is 11.5. The van der Waals surface area contributed by atoms with Crippen molar-refractivity contribution < 1.29 is 4.74 Å². The topological polar surface area (TPSA) is 61.9 Å². The van der Waals surface area contributed by atoms with Crippen molar-refractivity contribution in [2.24, 2.45) is 7.05 Å². The first kappa shape index (κ1) is 16.5. The minimum atomic E-state index is -0.331. The van der Waals surface area contributed by atoms with E-state index < -0.39 is 0 Å². The molecule has 0 atom stereocenters. The molecule has 0 amide bonds. The van der Waals surface area contributed by atoms with Gasteiger partial charge in [0.15, 0.2) is 0 Å².